The molecule has 196 valence electrons. The van der Waals surface area contributed by atoms with Gasteiger partial charge in [-0.2, -0.15) is 4.37 Å². The Hall–Kier alpha value is -4.29. The minimum Gasteiger partial charge on any atom is -0.395 e. The second kappa shape index (κ2) is 10.6. The molecule has 0 bridgehead atoms. The number of ether oxygens (including phenoxy) is 1. The first-order valence-electron chi connectivity index (χ1n) is 11.9. The van der Waals surface area contributed by atoms with Gasteiger partial charge in [0.05, 0.1) is 17.5 Å². The number of nitrogen functional groups attached to an aromatic ring is 1. The number of amides is 3. The molecule has 5 rings (SSSR count). The lowest BCUT2D eigenvalue weighted by Crippen LogP contribution is -2.46. The number of nitrogens with zero attached hydrogens (tertiary/aromatic N) is 2. The Balaban J connectivity index is 1.66. The van der Waals surface area contributed by atoms with Crippen molar-refractivity contribution in [1.29, 1.82) is 0 Å². The van der Waals surface area contributed by atoms with Gasteiger partial charge in [-0.15, -0.1) is 0 Å². The molecule has 2 atom stereocenters. The predicted octanol–water partition coefficient (Wildman–Crippen LogP) is 3.13. The number of benzene rings is 2. The predicted molar refractivity (Wildman–Crippen MR) is 141 cm³/mol. The summed E-state index contributed by atoms with van der Waals surface area (Å²) in [4.78, 5) is 43.7. The molecule has 1 fully saturated rings. The second-order valence-electron chi connectivity index (χ2n) is 8.84. The summed E-state index contributed by atoms with van der Waals surface area (Å²) in [6, 6.07) is 11.6. The van der Waals surface area contributed by atoms with Crippen molar-refractivity contribution in [1.82, 2.24) is 14.7 Å². The first kappa shape index (κ1) is 25.4. The number of H-pyrrole nitrogens is 1. The van der Waals surface area contributed by atoms with Crippen molar-refractivity contribution in [3.05, 3.63) is 76.7 Å². The fourth-order valence-electron chi connectivity index (χ4n) is 4.59. The zero-order valence-electron chi connectivity index (χ0n) is 20.1. The standard InChI is InChI=1S/C26H25FN6O4S/c27-17-8-2-4-10-19(17)33(26(36)23-20(28)21(24(29)34)32-38-23)22(25(35)31-12-14-6-5-11-37-14)16-13-30-18-9-3-1-7-15(16)18/h1-4,7-10,13-14,22,30H,5-6,11-12,28H2,(H2,29,34)(H,31,35)/t14-,22+/m1/s1. The van der Waals surface area contributed by atoms with Gasteiger partial charge in [0.15, 0.2) is 5.69 Å². The van der Waals surface area contributed by atoms with Crippen LogP contribution in [-0.2, 0) is 9.53 Å². The first-order chi connectivity index (χ1) is 18.4. The van der Waals surface area contributed by atoms with E-state index in [0.29, 0.717) is 29.1 Å². The molecule has 3 heterocycles. The molecular weight excluding hydrogens is 511 g/mol. The van der Waals surface area contributed by atoms with Crippen LogP contribution in [0.4, 0.5) is 15.8 Å². The van der Waals surface area contributed by atoms with Gasteiger partial charge in [0.25, 0.3) is 11.8 Å². The summed E-state index contributed by atoms with van der Waals surface area (Å²) in [6.45, 7) is 0.838. The highest BCUT2D eigenvalue weighted by atomic mass is 32.1. The van der Waals surface area contributed by atoms with Crippen LogP contribution in [0.1, 0.15) is 44.6 Å². The van der Waals surface area contributed by atoms with E-state index in [0.717, 1.165) is 23.3 Å². The molecule has 0 spiro atoms. The van der Waals surface area contributed by atoms with Gasteiger partial charge in [-0.3, -0.25) is 19.3 Å². The van der Waals surface area contributed by atoms with Crippen LogP contribution in [-0.4, -0.2) is 46.3 Å². The lowest BCUT2D eigenvalue weighted by atomic mass is 10.0. The van der Waals surface area contributed by atoms with Gasteiger partial charge in [-0.05, 0) is 42.6 Å². The quantitative estimate of drug-likeness (QED) is 0.271. The van der Waals surface area contributed by atoms with Gasteiger partial charge in [-0.1, -0.05) is 30.3 Å². The molecule has 2 aromatic heterocycles. The molecular formula is C26H25FN6O4S. The number of hydrogen-bond donors (Lipinski definition) is 4. The summed E-state index contributed by atoms with van der Waals surface area (Å²) in [5, 5.41) is 3.56. The Morgan fingerprint density at radius 3 is 2.68 bits per heavy atom. The third-order valence-electron chi connectivity index (χ3n) is 6.44. The molecule has 10 nitrogen and oxygen atoms in total. The highest BCUT2D eigenvalue weighted by Gasteiger charge is 2.38. The number of carbonyl (C=O) groups excluding carboxylic acids is 3. The average Bonchev–Trinajstić information content (AvgIpc) is 3.66. The lowest BCUT2D eigenvalue weighted by Gasteiger charge is -2.31. The molecule has 38 heavy (non-hydrogen) atoms. The van der Waals surface area contributed by atoms with Crippen LogP contribution in [0.15, 0.2) is 54.7 Å². The van der Waals surface area contributed by atoms with Crippen LogP contribution in [0.3, 0.4) is 0 Å². The second-order valence-corrected chi connectivity index (χ2v) is 9.61. The van der Waals surface area contributed by atoms with Crippen molar-refractivity contribution in [3.8, 4) is 0 Å². The number of primary amides is 1. The van der Waals surface area contributed by atoms with Crippen LogP contribution in [0.25, 0.3) is 10.9 Å². The Kier molecular flexibility index (Phi) is 7.07. The molecule has 1 saturated heterocycles. The molecule has 1 aliphatic heterocycles. The van der Waals surface area contributed by atoms with E-state index in [1.165, 1.54) is 18.2 Å². The SMILES string of the molecule is NC(=O)c1nsc(C(=O)N(c2ccccc2F)[C@H](C(=O)NC[C@H]2CCCO2)c2c[nH]c3ccccc23)c1N. The maximum atomic E-state index is 15.3. The third kappa shape index (κ3) is 4.71. The smallest absolute Gasteiger partial charge is 0.273 e. The maximum absolute atomic E-state index is 15.3. The first-order valence-corrected chi connectivity index (χ1v) is 12.7. The van der Waals surface area contributed by atoms with Crippen LogP contribution in [0.5, 0.6) is 0 Å². The molecule has 0 saturated carbocycles. The van der Waals surface area contributed by atoms with E-state index in [4.69, 9.17) is 16.2 Å². The highest BCUT2D eigenvalue weighted by molar-refractivity contribution is 7.09. The van der Waals surface area contributed by atoms with Gasteiger partial charge in [-0.25, -0.2) is 4.39 Å². The van der Waals surface area contributed by atoms with Gasteiger partial charge in [0.1, 0.15) is 16.7 Å². The number of nitrogens with two attached hydrogens (primary N) is 2. The number of aromatic amines is 1. The molecule has 12 heteroatoms. The number of hydrogen-bond acceptors (Lipinski definition) is 7. The summed E-state index contributed by atoms with van der Waals surface area (Å²) >= 11 is 0.656. The van der Waals surface area contributed by atoms with E-state index >= 15 is 4.39 Å². The molecule has 3 amide bonds. The maximum Gasteiger partial charge on any atom is 0.273 e. The molecule has 4 aromatic rings. The number of nitrogens with one attached hydrogen (secondary N) is 2. The zero-order valence-corrected chi connectivity index (χ0v) is 21.0. The van der Waals surface area contributed by atoms with Crippen molar-refractivity contribution in [2.75, 3.05) is 23.8 Å². The van der Waals surface area contributed by atoms with Crippen LogP contribution in [0.2, 0.25) is 0 Å². The number of halogens is 1. The minimum absolute atomic E-state index is 0.140. The van der Waals surface area contributed by atoms with E-state index in [1.54, 1.807) is 24.4 Å². The summed E-state index contributed by atoms with van der Waals surface area (Å²) < 4.78 is 24.8. The largest absolute Gasteiger partial charge is 0.395 e. The molecule has 2 aromatic carbocycles. The van der Waals surface area contributed by atoms with E-state index in [9.17, 15) is 14.4 Å². The van der Waals surface area contributed by atoms with Gasteiger partial charge in [0.2, 0.25) is 5.91 Å². The van der Waals surface area contributed by atoms with Gasteiger partial charge >= 0.3 is 0 Å². The molecule has 0 aliphatic carbocycles. The molecule has 0 radical (unpaired) electrons. The number of aromatic nitrogens is 2. The number of fused-ring (bicyclic) bond motifs is 1. The summed E-state index contributed by atoms with van der Waals surface area (Å²) in [6.07, 6.45) is 3.14. The van der Waals surface area contributed by atoms with E-state index < -0.39 is 29.6 Å². The van der Waals surface area contributed by atoms with E-state index in [2.05, 4.69) is 14.7 Å². The molecule has 0 unspecified atom stereocenters. The summed E-state index contributed by atoms with van der Waals surface area (Å²) in [5.41, 5.74) is 11.9. The fourth-order valence-corrected chi connectivity index (χ4v) is 5.33. The van der Waals surface area contributed by atoms with E-state index in [-0.39, 0.29) is 34.6 Å². The van der Waals surface area contributed by atoms with Crippen molar-refractivity contribution in [2.45, 2.75) is 25.0 Å². The topological polar surface area (TPSA) is 156 Å². The number of rotatable bonds is 8. The number of carbonyl (C=O) groups is 3. The molecule has 6 N–H and O–H groups in total. The van der Waals surface area contributed by atoms with Gasteiger partial charge < -0.3 is 26.5 Å². The van der Waals surface area contributed by atoms with Crippen molar-refractivity contribution in [2.24, 2.45) is 5.73 Å². The average molecular weight is 537 g/mol. The lowest BCUT2D eigenvalue weighted by molar-refractivity contribution is -0.123. The zero-order chi connectivity index (χ0) is 26.8. The van der Waals surface area contributed by atoms with Gasteiger partial charge in [0, 0.05) is 35.8 Å². The summed E-state index contributed by atoms with van der Waals surface area (Å²) in [7, 11) is 0. The van der Waals surface area contributed by atoms with E-state index in [1.807, 2.05) is 12.1 Å². The van der Waals surface area contributed by atoms with Crippen molar-refractivity contribution < 1.29 is 23.5 Å². The fraction of sp³-hybridized carbons (Fsp3) is 0.231. The van der Waals surface area contributed by atoms with Crippen LogP contribution in [0, 0.1) is 5.82 Å². The Morgan fingerprint density at radius 2 is 1.97 bits per heavy atom. The monoisotopic (exact) mass is 536 g/mol. The number of para-hydroxylation sites is 2. The van der Waals surface area contributed by atoms with Crippen LogP contribution >= 0.6 is 11.5 Å². The Bertz CT molecular complexity index is 1510. The van der Waals surface area contributed by atoms with Crippen molar-refractivity contribution in [3.63, 3.8) is 0 Å². The van der Waals surface area contributed by atoms with Crippen LogP contribution < -0.4 is 21.7 Å². The minimum atomic E-state index is -1.31. The number of anilines is 2. The third-order valence-corrected chi connectivity index (χ3v) is 7.29. The Morgan fingerprint density at radius 1 is 1.21 bits per heavy atom. The Labute approximate surface area is 220 Å². The van der Waals surface area contributed by atoms with Crippen molar-refractivity contribution >= 4 is 51.5 Å². The highest BCUT2D eigenvalue weighted by Crippen LogP contribution is 2.36. The summed E-state index contributed by atoms with van der Waals surface area (Å²) in [5.74, 6) is -2.98. The normalized spacial score (nSPS) is 15.9. The molecule has 1 aliphatic rings.